The van der Waals surface area contributed by atoms with E-state index in [1.54, 1.807) is 39.2 Å². The molecular weight excluding hydrogens is 505 g/mol. The number of Topliss-reactive ketones (excluding diaryl/α,β-unsaturated/α-hetero) is 1. The Kier molecular flexibility index (Phi) is 8.09. The number of carbonyl (C=O) groups excluding carboxylic acids is 1. The number of carbonyl (C=O) groups is 1. The van der Waals surface area contributed by atoms with Gasteiger partial charge in [-0.3, -0.25) is 10.2 Å². The van der Waals surface area contributed by atoms with Crippen LogP contribution in [0.5, 0.6) is 17.2 Å². The molecule has 9 nitrogen and oxygen atoms in total. The van der Waals surface area contributed by atoms with Crippen LogP contribution in [0.4, 0.5) is 10.1 Å². The van der Waals surface area contributed by atoms with Crippen LogP contribution in [0.25, 0.3) is 0 Å². The first-order valence-electron chi connectivity index (χ1n) is 13.2. The number of hydrogen-bond donors (Lipinski definition) is 3. The second kappa shape index (κ2) is 11.0. The highest BCUT2D eigenvalue weighted by atomic mass is 19.1. The van der Waals surface area contributed by atoms with E-state index in [1.165, 1.54) is 4.90 Å². The molecule has 3 N–H and O–H groups in total. The number of aliphatic hydroxyl groups excluding tert-OH is 2. The molecule has 2 aliphatic heterocycles. The first kappa shape index (κ1) is 28.6. The van der Waals surface area contributed by atoms with E-state index in [1.807, 2.05) is 25.7 Å². The van der Waals surface area contributed by atoms with E-state index >= 15 is 4.39 Å². The zero-order chi connectivity index (χ0) is 28.6. The van der Waals surface area contributed by atoms with Crippen LogP contribution >= 0.6 is 0 Å². The number of anilines is 1. The van der Waals surface area contributed by atoms with Crippen molar-refractivity contribution in [1.29, 1.82) is 5.41 Å². The van der Waals surface area contributed by atoms with Gasteiger partial charge in [-0.2, -0.15) is 0 Å². The summed E-state index contributed by atoms with van der Waals surface area (Å²) in [5.74, 6) is -0.170. The molecule has 4 rings (SSSR count). The minimum Gasteiger partial charge on any atom is -0.494 e. The van der Waals surface area contributed by atoms with Crippen molar-refractivity contribution in [2.75, 3.05) is 44.9 Å². The van der Waals surface area contributed by atoms with Crippen LogP contribution in [-0.2, 0) is 12.0 Å². The van der Waals surface area contributed by atoms with Gasteiger partial charge in [-0.1, -0.05) is 20.8 Å². The molecule has 0 amide bonds. The number of ether oxygens (including phenoxy) is 3. The number of aliphatic hydroxyl groups is 2. The molecule has 0 aliphatic carbocycles. The van der Waals surface area contributed by atoms with Crippen molar-refractivity contribution in [3.63, 3.8) is 0 Å². The van der Waals surface area contributed by atoms with Crippen LogP contribution in [0.2, 0.25) is 0 Å². The molecular formula is C29H38FN3O6. The van der Waals surface area contributed by atoms with E-state index in [0.29, 0.717) is 29.2 Å². The monoisotopic (exact) mass is 543 g/mol. The number of halogens is 1. The summed E-state index contributed by atoms with van der Waals surface area (Å²) in [7, 11) is 1.56. The summed E-state index contributed by atoms with van der Waals surface area (Å²) in [6.45, 7) is 10.6. The number of β-amino-alcohol motifs (C(OH)–C–C–N with tert-alkyl or cyclic N) is 2. The van der Waals surface area contributed by atoms with E-state index in [9.17, 15) is 15.0 Å². The third kappa shape index (κ3) is 5.40. The first-order chi connectivity index (χ1) is 18.4. The Morgan fingerprint density at radius 1 is 1.08 bits per heavy atom. The fourth-order valence-electron chi connectivity index (χ4n) is 5.17. The average molecular weight is 544 g/mol. The SMILES string of the molecule is CCOc1cc2c(c(F)c1OCC)C(=N)N(CC(=O)c1cc(N3CC(O)C(O)C3)c(OC)c(C(C)(C)C)c1)C2. The third-order valence-electron chi connectivity index (χ3n) is 7.11. The van der Waals surface area contributed by atoms with Gasteiger partial charge >= 0.3 is 0 Å². The maximum atomic E-state index is 15.5. The Morgan fingerprint density at radius 2 is 1.72 bits per heavy atom. The summed E-state index contributed by atoms with van der Waals surface area (Å²) in [6, 6.07) is 5.18. The summed E-state index contributed by atoms with van der Waals surface area (Å²) in [4.78, 5) is 17.0. The van der Waals surface area contributed by atoms with Gasteiger partial charge in [-0.15, -0.1) is 0 Å². The maximum Gasteiger partial charge on any atom is 0.197 e. The second-order valence-corrected chi connectivity index (χ2v) is 10.9. The molecule has 1 saturated heterocycles. The molecule has 2 heterocycles. The Balaban J connectivity index is 1.68. The van der Waals surface area contributed by atoms with Gasteiger partial charge in [0.25, 0.3) is 0 Å². The van der Waals surface area contributed by atoms with Crippen LogP contribution in [0.1, 0.15) is 61.7 Å². The van der Waals surface area contributed by atoms with Gasteiger partial charge < -0.3 is 34.2 Å². The summed E-state index contributed by atoms with van der Waals surface area (Å²) in [5.41, 5.74) is 2.11. The minimum absolute atomic E-state index is 0.0272. The average Bonchev–Trinajstić information content (AvgIpc) is 3.37. The molecule has 2 aromatic rings. The third-order valence-corrected chi connectivity index (χ3v) is 7.11. The van der Waals surface area contributed by atoms with Crippen molar-refractivity contribution in [3.8, 4) is 17.2 Å². The molecule has 2 atom stereocenters. The lowest BCUT2D eigenvalue weighted by Crippen LogP contribution is -2.31. The van der Waals surface area contributed by atoms with Crippen LogP contribution in [0.15, 0.2) is 18.2 Å². The number of rotatable bonds is 9. The first-order valence-corrected chi connectivity index (χ1v) is 13.2. The zero-order valence-corrected chi connectivity index (χ0v) is 23.4. The molecule has 0 spiro atoms. The van der Waals surface area contributed by atoms with E-state index in [0.717, 1.165) is 5.56 Å². The number of methoxy groups -OCH3 is 1. The van der Waals surface area contributed by atoms with Crippen molar-refractivity contribution < 1.29 is 33.6 Å². The molecule has 2 aliphatic rings. The van der Waals surface area contributed by atoms with Crippen molar-refractivity contribution >= 4 is 17.3 Å². The van der Waals surface area contributed by atoms with E-state index < -0.39 is 18.0 Å². The number of ketones is 1. The van der Waals surface area contributed by atoms with Crippen LogP contribution in [0.3, 0.4) is 0 Å². The predicted octanol–water partition coefficient (Wildman–Crippen LogP) is 3.49. The van der Waals surface area contributed by atoms with Gasteiger partial charge in [0.1, 0.15) is 11.6 Å². The van der Waals surface area contributed by atoms with Crippen molar-refractivity contribution in [2.45, 2.75) is 58.8 Å². The van der Waals surface area contributed by atoms with Crippen LogP contribution in [0, 0.1) is 11.2 Å². The Labute approximate surface area is 228 Å². The lowest BCUT2D eigenvalue weighted by atomic mass is 9.84. The Morgan fingerprint density at radius 3 is 2.28 bits per heavy atom. The molecule has 212 valence electrons. The standard InChI is InChI=1S/C29H38FN3O6/c1-7-38-23-11-17-12-33(28(31)24(17)25(30)27(23)39-8-2)13-20(34)16-9-18(29(3,4)5)26(37-6)19(10-16)32-14-21(35)22(36)15-32/h9-11,21-22,31,35-36H,7-8,12-15H2,1-6H3. The van der Waals surface area contributed by atoms with E-state index in [2.05, 4.69) is 0 Å². The van der Waals surface area contributed by atoms with Gasteiger partial charge in [0, 0.05) is 30.8 Å². The normalized spacial score (nSPS) is 18.9. The van der Waals surface area contributed by atoms with E-state index in [4.69, 9.17) is 19.6 Å². The Bertz CT molecular complexity index is 1260. The smallest absolute Gasteiger partial charge is 0.197 e. The summed E-state index contributed by atoms with van der Waals surface area (Å²) in [5, 5.41) is 29.0. The van der Waals surface area contributed by atoms with Gasteiger partial charge in [-0.05, 0) is 43.0 Å². The fraction of sp³-hybridized carbons (Fsp3) is 0.517. The molecule has 0 radical (unpaired) electrons. The molecule has 2 unspecified atom stereocenters. The predicted molar refractivity (Wildman–Crippen MR) is 146 cm³/mol. The highest BCUT2D eigenvalue weighted by Crippen LogP contribution is 2.42. The Hall–Kier alpha value is -3.37. The number of fused-ring (bicyclic) bond motifs is 1. The highest BCUT2D eigenvalue weighted by Gasteiger charge is 2.36. The minimum atomic E-state index is -0.909. The maximum absolute atomic E-state index is 15.5. The van der Waals surface area contributed by atoms with Crippen LogP contribution < -0.4 is 19.1 Å². The summed E-state index contributed by atoms with van der Waals surface area (Å²) < 4.78 is 32.3. The number of nitrogens with zero attached hydrogens (tertiary/aromatic N) is 2. The number of hydrogen-bond acceptors (Lipinski definition) is 8. The van der Waals surface area contributed by atoms with Gasteiger partial charge in [0.15, 0.2) is 23.1 Å². The summed E-state index contributed by atoms with van der Waals surface area (Å²) >= 11 is 0. The van der Waals surface area contributed by atoms with Crippen LogP contribution in [-0.4, -0.2) is 78.9 Å². The molecule has 0 bridgehead atoms. The largest absolute Gasteiger partial charge is 0.494 e. The number of nitrogens with one attached hydrogen (secondary N) is 1. The fourth-order valence-corrected chi connectivity index (χ4v) is 5.17. The lowest BCUT2D eigenvalue weighted by molar-refractivity contribution is 0.0572. The van der Waals surface area contributed by atoms with E-state index in [-0.39, 0.29) is 66.9 Å². The summed E-state index contributed by atoms with van der Waals surface area (Å²) in [6.07, 6.45) is -1.82. The van der Waals surface area contributed by atoms with Crippen molar-refractivity contribution in [2.24, 2.45) is 0 Å². The van der Waals surface area contributed by atoms with Crippen molar-refractivity contribution in [1.82, 2.24) is 4.90 Å². The molecule has 0 aromatic heterocycles. The molecule has 0 saturated carbocycles. The lowest BCUT2D eigenvalue weighted by Gasteiger charge is -2.29. The molecule has 10 heteroatoms. The van der Waals surface area contributed by atoms with Gasteiger partial charge in [0.05, 0.1) is 50.3 Å². The van der Waals surface area contributed by atoms with Crippen molar-refractivity contribution in [3.05, 3.63) is 46.3 Å². The highest BCUT2D eigenvalue weighted by molar-refractivity contribution is 6.06. The van der Waals surface area contributed by atoms with Gasteiger partial charge in [-0.25, -0.2) is 4.39 Å². The molecule has 1 fully saturated rings. The number of amidine groups is 1. The quantitative estimate of drug-likeness (QED) is 0.412. The van der Waals surface area contributed by atoms with Gasteiger partial charge in [0.2, 0.25) is 0 Å². The molecule has 2 aromatic carbocycles. The zero-order valence-electron chi connectivity index (χ0n) is 23.4. The molecule has 39 heavy (non-hydrogen) atoms. The second-order valence-electron chi connectivity index (χ2n) is 10.9. The number of benzene rings is 2. The topological polar surface area (TPSA) is 116 Å².